The molecule has 84 valence electrons. The summed E-state index contributed by atoms with van der Waals surface area (Å²) in [6.45, 7) is 8.52. The lowest BCUT2D eigenvalue weighted by atomic mass is 10.1. The van der Waals surface area contributed by atoms with Crippen LogP contribution in [0, 0.1) is 0 Å². The summed E-state index contributed by atoms with van der Waals surface area (Å²) >= 11 is 0. The van der Waals surface area contributed by atoms with Crippen LogP contribution in [0.5, 0.6) is 0 Å². The fourth-order valence-electron chi connectivity index (χ4n) is 0.960. The van der Waals surface area contributed by atoms with Gasteiger partial charge in [0.05, 0.1) is 0 Å². The highest BCUT2D eigenvalue weighted by Gasteiger charge is 2.12. The number of urea groups is 1. The molecule has 1 atom stereocenters. The molecule has 14 heavy (non-hydrogen) atoms. The highest BCUT2D eigenvalue weighted by Crippen LogP contribution is 1.97. The van der Waals surface area contributed by atoms with Gasteiger partial charge in [0.1, 0.15) is 0 Å². The van der Waals surface area contributed by atoms with Crippen LogP contribution >= 0.6 is 0 Å². The van der Waals surface area contributed by atoms with Crippen molar-refractivity contribution in [3.63, 3.8) is 0 Å². The molecule has 4 nitrogen and oxygen atoms in total. The Bertz CT molecular complexity index is 175. The Morgan fingerprint density at radius 1 is 1.43 bits per heavy atom. The van der Waals surface area contributed by atoms with Crippen LogP contribution in [0.3, 0.4) is 0 Å². The molecule has 0 saturated carbocycles. The molecular formula is C10H23N3O. The molecule has 0 aliphatic carbocycles. The molecule has 0 aromatic heterocycles. The van der Waals surface area contributed by atoms with Crippen molar-refractivity contribution >= 4 is 6.03 Å². The molecule has 0 aliphatic rings. The molecule has 0 rings (SSSR count). The van der Waals surface area contributed by atoms with E-state index < -0.39 is 0 Å². The van der Waals surface area contributed by atoms with E-state index in [9.17, 15) is 4.79 Å². The van der Waals surface area contributed by atoms with Crippen LogP contribution in [-0.2, 0) is 0 Å². The summed E-state index contributed by atoms with van der Waals surface area (Å²) in [5.41, 5.74) is 5.53. The molecule has 0 heterocycles. The van der Waals surface area contributed by atoms with Crippen LogP contribution < -0.4 is 16.4 Å². The van der Waals surface area contributed by atoms with Gasteiger partial charge < -0.3 is 16.4 Å². The predicted molar refractivity (Wildman–Crippen MR) is 59.2 cm³/mol. The lowest BCUT2D eigenvalue weighted by molar-refractivity contribution is 0.231. The summed E-state index contributed by atoms with van der Waals surface area (Å²) in [5.74, 6) is 0. The number of nitrogens with one attached hydrogen (secondary N) is 2. The minimum absolute atomic E-state index is 0.124. The first-order valence-corrected chi connectivity index (χ1v) is 5.16. The monoisotopic (exact) mass is 201 g/mol. The zero-order valence-electron chi connectivity index (χ0n) is 9.68. The summed E-state index contributed by atoms with van der Waals surface area (Å²) < 4.78 is 0. The maximum absolute atomic E-state index is 11.3. The average molecular weight is 201 g/mol. The van der Waals surface area contributed by atoms with Crippen LogP contribution in [0.4, 0.5) is 4.79 Å². The normalized spacial score (nSPS) is 13.5. The molecule has 1 unspecified atom stereocenters. The molecule has 0 bridgehead atoms. The molecular weight excluding hydrogens is 178 g/mol. The van der Waals surface area contributed by atoms with Gasteiger partial charge in [0, 0.05) is 18.1 Å². The minimum atomic E-state index is -0.184. The van der Waals surface area contributed by atoms with E-state index in [4.69, 9.17) is 5.73 Å². The van der Waals surface area contributed by atoms with E-state index in [0.29, 0.717) is 6.54 Å². The summed E-state index contributed by atoms with van der Waals surface area (Å²) in [6, 6.07) is 0.0609. The van der Waals surface area contributed by atoms with Crippen LogP contribution in [0.2, 0.25) is 0 Å². The van der Waals surface area contributed by atoms with Crippen molar-refractivity contribution in [1.82, 2.24) is 10.6 Å². The van der Waals surface area contributed by atoms with Crippen molar-refractivity contribution in [3.05, 3.63) is 0 Å². The fourth-order valence-corrected chi connectivity index (χ4v) is 0.960. The Balaban J connectivity index is 3.55. The van der Waals surface area contributed by atoms with E-state index in [2.05, 4.69) is 10.6 Å². The number of hydrogen-bond donors (Lipinski definition) is 3. The van der Waals surface area contributed by atoms with Gasteiger partial charge in [-0.1, -0.05) is 6.92 Å². The maximum Gasteiger partial charge on any atom is 0.315 e. The number of amides is 2. The molecule has 0 fully saturated rings. The van der Waals surface area contributed by atoms with E-state index in [0.717, 1.165) is 12.8 Å². The highest BCUT2D eigenvalue weighted by molar-refractivity contribution is 5.74. The van der Waals surface area contributed by atoms with Gasteiger partial charge in [-0.05, 0) is 33.6 Å². The number of rotatable bonds is 4. The second-order valence-corrected chi connectivity index (χ2v) is 4.59. The first-order chi connectivity index (χ1) is 6.35. The SMILES string of the molecule is CCC(N)CCNC(=O)NC(C)(C)C. The van der Waals surface area contributed by atoms with Crippen molar-refractivity contribution < 1.29 is 4.79 Å². The van der Waals surface area contributed by atoms with Crippen molar-refractivity contribution in [2.75, 3.05) is 6.54 Å². The number of carbonyl (C=O) groups excluding carboxylic acids is 1. The largest absolute Gasteiger partial charge is 0.338 e. The third-order valence-electron chi connectivity index (χ3n) is 1.81. The molecule has 4 heteroatoms. The van der Waals surface area contributed by atoms with Gasteiger partial charge in [-0.25, -0.2) is 4.79 Å². The molecule has 0 saturated heterocycles. The summed E-state index contributed by atoms with van der Waals surface area (Å²) in [5, 5.41) is 5.59. The Morgan fingerprint density at radius 2 is 2.00 bits per heavy atom. The van der Waals surface area contributed by atoms with Gasteiger partial charge in [0.2, 0.25) is 0 Å². The number of hydrogen-bond acceptors (Lipinski definition) is 2. The molecule has 4 N–H and O–H groups in total. The van der Waals surface area contributed by atoms with Gasteiger partial charge in [0.15, 0.2) is 0 Å². The topological polar surface area (TPSA) is 67.1 Å². The zero-order valence-corrected chi connectivity index (χ0v) is 9.68. The van der Waals surface area contributed by atoms with E-state index in [-0.39, 0.29) is 17.6 Å². The molecule has 0 aromatic carbocycles. The lowest BCUT2D eigenvalue weighted by Crippen LogP contribution is -2.47. The van der Waals surface area contributed by atoms with Crippen molar-refractivity contribution in [3.8, 4) is 0 Å². The molecule has 0 radical (unpaired) electrons. The molecule has 2 amide bonds. The predicted octanol–water partition coefficient (Wildman–Crippen LogP) is 1.21. The molecule has 0 aromatic rings. The van der Waals surface area contributed by atoms with Crippen molar-refractivity contribution in [2.45, 2.75) is 52.1 Å². The summed E-state index contributed by atoms with van der Waals surface area (Å²) in [6.07, 6.45) is 1.77. The fraction of sp³-hybridized carbons (Fsp3) is 0.900. The summed E-state index contributed by atoms with van der Waals surface area (Å²) in [7, 11) is 0. The van der Waals surface area contributed by atoms with E-state index in [1.807, 2.05) is 27.7 Å². The van der Waals surface area contributed by atoms with E-state index >= 15 is 0 Å². The smallest absolute Gasteiger partial charge is 0.315 e. The first kappa shape index (κ1) is 13.2. The number of nitrogens with two attached hydrogens (primary N) is 1. The van der Waals surface area contributed by atoms with Gasteiger partial charge in [-0.2, -0.15) is 0 Å². The van der Waals surface area contributed by atoms with Gasteiger partial charge in [-0.3, -0.25) is 0 Å². The standard InChI is InChI=1S/C10H23N3O/c1-5-8(11)6-7-12-9(14)13-10(2,3)4/h8H,5-7,11H2,1-4H3,(H2,12,13,14). The minimum Gasteiger partial charge on any atom is -0.338 e. The van der Waals surface area contributed by atoms with E-state index in [1.165, 1.54) is 0 Å². The average Bonchev–Trinajstić information content (AvgIpc) is 2.00. The van der Waals surface area contributed by atoms with E-state index in [1.54, 1.807) is 0 Å². The Kier molecular flexibility index (Phi) is 5.53. The highest BCUT2D eigenvalue weighted by atomic mass is 16.2. The first-order valence-electron chi connectivity index (χ1n) is 5.16. The second-order valence-electron chi connectivity index (χ2n) is 4.59. The van der Waals surface area contributed by atoms with Crippen LogP contribution in [-0.4, -0.2) is 24.2 Å². The Labute approximate surface area is 86.6 Å². The van der Waals surface area contributed by atoms with Crippen molar-refractivity contribution in [1.29, 1.82) is 0 Å². The van der Waals surface area contributed by atoms with Crippen LogP contribution in [0.1, 0.15) is 40.5 Å². The molecule has 0 spiro atoms. The maximum atomic E-state index is 11.3. The van der Waals surface area contributed by atoms with Crippen LogP contribution in [0.15, 0.2) is 0 Å². The third-order valence-corrected chi connectivity index (χ3v) is 1.81. The Morgan fingerprint density at radius 3 is 2.43 bits per heavy atom. The van der Waals surface area contributed by atoms with Gasteiger partial charge in [0.25, 0.3) is 0 Å². The second kappa shape index (κ2) is 5.86. The van der Waals surface area contributed by atoms with Crippen LogP contribution in [0.25, 0.3) is 0 Å². The summed E-state index contributed by atoms with van der Waals surface area (Å²) in [4.78, 5) is 11.3. The lowest BCUT2D eigenvalue weighted by Gasteiger charge is -2.21. The van der Waals surface area contributed by atoms with Crippen molar-refractivity contribution in [2.24, 2.45) is 5.73 Å². The zero-order chi connectivity index (χ0) is 11.2. The number of carbonyl (C=O) groups is 1. The van der Waals surface area contributed by atoms with Gasteiger partial charge in [-0.15, -0.1) is 0 Å². The quantitative estimate of drug-likeness (QED) is 0.640. The Hall–Kier alpha value is -0.770. The van der Waals surface area contributed by atoms with Gasteiger partial charge >= 0.3 is 6.03 Å². The third kappa shape index (κ3) is 7.86. The molecule has 0 aliphatic heterocycles.